The zero-order valence-electron chi connectivity index (χ0n) is 16.7. The van der Waals surface area contributed by atoms with Crippen LogP contribution in [0.3, 0.4) is 0 Å². The lowest BCUT2D eigenvalue weighted by Gasteiger charge is -2.18. The van der Waals surface area contributed by atoms with Crippen LogP contribution in [0.5, 0.6) is 11.5 Å². The van der Waals surface area contributed by atoms with Crippen molar-refractivity contribution in [3.8, 4) is 11.5 Å². The molecule has 0 radical (unpaired) electrons. The molecule has 0 aliphatic heterocycles. The normalized spacial score (nSPS) is 11.7. The average molecular weight is 370 g/mol. The Morgan fingerprint density at radius 1 is 1.00 bits per heavy atom. The van der Waals surface area contributed by atoms with Gasteiger partial charge >= 0.3 is 0 Å². The predicted molar refractivity (Wildman–Crippen MR) is 111 cm³/mol. The number of hydrogen-bond donors (Lipinski definition) is 1. The number of carbonyl (C=O) groups excluding carboxylic acids is 1. The number of carbonyl (C=O) groups is 1. The molecule has 0 fully saturated rings. The van der Waals surface area contributed by atoms with E-state index in [1.807, 2.05) is 62.4 Å². The van der Waals surface area contributed by atoms with Gasteiger partial charge in [-0.1, -0.05) is 56.9 Å². The summed E-state index contributed by atoms with van der Waals surface area (Å²) in [6, 6.07) is 15.2. The molecule has 4 heteroatoms. The smallest absolute Gasteiger partial charge is 0.265 e. The van der Waals surface area contributed by atoms with Crippen molar-refractivity contribution in [1.82, 2.24) is 0 Å². The summed E-state index contributed by atoms with van der Waals surface area (Å²) in [4.78, 5) is 12.6. The van der Waals surface area contributed by atoms with Crippen molar-refractivity contribution >= 4 is 11.6 Å². The van der Waals surface area contributed by atoms with Crippen LogP contribution in [-0.4, -0.2) is 18.6 Å². The first-order valence-corrected chi connectivity index (χ1v) is 9.89. The van der Waals surface area contributed by atoms with Crippen LogP contribution in [0.2, 0.25) is 0 Å². The number of ether oxygens (including phenoxy) is 2. The Hall–Kier alpha value is -2.49. The summed E-state index contributed by atoms with van der Waals surface area (Å²) in [5.74, 6) is 1.32. The molecule has 0 saturated carbocycles. The van der Waals surface area contributed by atoms with Gasteiger partial charge in [0.1, 0.15) is 11.5 Å². The van der Waals surface area contributed by atoms with E-state index in [-0.39, 0.29) is 5.91 Å². The molecule has 2 aromatic carbocycles. The minimum absolute atomic E-state index is 0.154. The van der Waals surface area contributed by atoms with E-state index < -0.39 is 6.10 Å². The molecule has 0 aromatic heterocycles. The van der Waals surface area contributed by atoms with Gasteiger partial charge < -0.3 is 14.8 Å². The Labute approximate surface area is 162 Å². The molecule has 1 N–H and O–H groups in total. The van der Waals surface area contributed by atoms with E-state index in [1.54, 1.807) is 0 Å². The van der Waals surface area contributed by atoms with E-state index in [4.69, 9.17) is 9.47 Å². The van der Waals surface area contributed by atoms with Crippen LogP contribution in [0.15, 0.2) is 48.5 Å². The molecule has 1 amide bonds. The van der Waals surface area contributed by atoms with Crippen LogP contribution in [-0.2, 0) is 4.79 Å². The van der Waals surface area contributed by atoms with Gasteiger partial charge in [0.05, 0.1) is 6.61 Å². The van der Waals surface area contributed by atoms with E-state index in [0.29, 0.717) is 18.8 Å². The molecule has 4 nitrogen and oxygen atoms in total. The first-order chi connectivity index (χ1) is 13.1. The van der Waals surface area contributed by atoms with Crippen molar-refractivity contribution in [3.05, 3.63) is 54.1 Å². The summed E-state index contributed by atoms with van der Waals surface area (Å²) in [5.41, 5.74) is 1.88. The minimum atomic E-state index is -0.536. The third-order valence-corrected chi connectivity index (χ3v) is 4.33. The number of rotatable bonds is 11. The van der Waals surface area contributed by atoms with Crippen LogP contribution in [0.4, 0.5) is 5.69 Å². The number of hydrogen-bond acceptors (Lipinski definition) is 3. The molecule has 0 bridgehead atoms. The molecule has 1 atom stereocenters. The largest absolute Gasteiger partial charge is 0.494 e. The molecule has 27 heavy (non-hydrogen) atoms. The molecule has 0 heterocycles. The Kier molecular flexibility index (Phi) is 8.69. The molecule has 0 aliphatic rings. The first-order valence-electron chi connectivity index (χ1n) is 9.89. The van der Waals surface area contributed by atoms with Crippen LogP contribution in [0.25, 0.3) is 0 Å². The SMILES string of the molecule is CCCCCCOc1cccc(NC(=O)C(CC)Oc2ccc(C)cc2)c1. The van der Waals surface area contributed by atoms with Crippen LogP contribution >= 0.6 is 0 Å². The maximum Gasteiger partial charge on any atom is 0.265 e. The summed E-state index contributed by atoms with van der Waals surface area (Å²) in [5, 5.41) is 2.93. The van der Waals surface area contributed by atoms with Gasteiger partial charge in [0.2, 0.25) is 0 Å². The van der Waals surface area contributed by atoms with E-state index in [0.717, 1.165) is 23.4 Å². The molecule has 2 aromatic rings. The summed E-state index contributed by atoms with van der Waals surface area (Å²) in [7, 11) is 0. The van der Waals surface area contributed by atoms with Crippen LogP contribution in [0.1, 0.15) is 51.5 Å². The molecular formula is C23H31NO3. The fourth-order valence-electron chi connectivity index (χ4n) is 2.71. The predicted octanol–water partition coefficient (Wildman–Crippen LogP) is 5.75. The summed E-state index contributed by atoms with van der Waals surface area (Å²) in [6.45, 7) is 6.85. The van der Waals surface area contributed by atoms with Gasteiger partial charge in [-0.25, -0.2) is 0 Å². The first kappa shape index (κ1) is 20.8. The number of nitrogens with one attached hydrogen (secondary N) is 1. The highest BCUT2D eigenvalue weighted by atomic mass is 16.5. The Balaban J connectivity index is 1.89. The second kappa shape index (κ2) is 11.3. The molecule has 1 unspecified atom stereocenters. The van der Waals surface area contributed by atoms with Gasteiger partial charge in [-0.3, -0.25) is 4.79 Å². The maximum absolute atomic E-state index is 12.6. The van der Waals surface area contributed by atoms with Crippen molar-refractivity contribution in [2.75, 3.05) is 11.9 Å². The summed E-state index contributed by atoms with van der Waals surface area (Å²) in [6.07, 6.45) is 4.73. The fraction of sp³-hybridized carbons (Fsp3) is 0.435. The van der Waals surface area contributed by atoms with Gasteiger partial charge in [-0.2, -0.15) is 0 Å². The Bertz CT molecular complexity index is 697. The van der Waals surface area contributed by atoms with Gasteiger partial charge in [-0.05, 0) is 44.0 Å². The molecule has 146 valence electrons. The lowest BCUT2D eigenvalue weighted by atomic mass is 10.2. The standard InChI is InChI=1S/C23H31NO3/c1-4-6-7-8-16-26-21-11-9-10-19(17-21)24-23(25)22(5-2)27-20-14-12-18(3)13-15-20/h9-15,17,22H,4-8,16H2,1-3H3,(H,24,25). The summed E-state index contributed by atoms with van der Waals surface area (Å²) < 4.78 is 11.6. The molecule has 0 saturated heterocycles. The van der Waals surface area contributed by atoms with Gasteiger partial charge in [0, 0.05) is 11.8 Å². The van der Waals surface area contributed by atoms with Gasteiger partial charge in [-0.15, -0.1) is 0 Å². The maximum atomic E-state index is 12.6. The van der Waals surface area contributed by atoms with Crippen LogP contribution in [0, 0.1) is 6.92 Å². The zero-order valence-corrected chi connectivity index (χ0v) is 16.7. The second-order valence-corrected chi connectivity index (χ2v) is 6.75. The number of aryl methyl sites for hydroxylation is 1. The lowest BCUT2D eigenvalue weighted by molar-refractivity contribution is -0.122. The number of amides is 1. The van der Waals surface area contributed by atoms with E-state index in [2.05, 4.69) is 12.2 Å². The Morgan fingerprint density at radius 3 is 2.48 bits per heavy atom. The minimum Gasteiger partial charge on any atom is -0.494 e. The average Bonchev–Trinajstić information content (AvgIpc) is 2.67. The number of unbranched alkanes of at least 4 members (excludes halogenated alkanes) is 3. The van der Waals surface area contributed by atoms with Crippen molar-refractivity contribution in [3.63, 3.8) is 0 Å². The van der Waals surface area contributed by atoms with Crippen molar-refractivity contribution in [2.24, 2.45) is 0 Å². The molecule has 0 aliphatic carbocycles. The lowest BCUT2D eigenvalue weighted by Crippen LogP contribution is -2.32. The number of anilines is 1. The van der Waals surface area contributed by atoms with E-state index in [1.165, 1.54) is 19.3 Å². The van der Waals surface area contributed by atoms with E-state index >= 15 is 0 Å². The second-order valence-electron chi connectivity index (χ2n) is 6.75. The molecular weight excluding hydrogens is 338 g/mol. The van der Waals surface area contributed by atoms with Crippen LogP contribution < -0.4 is 14.8 Å². The third-order valence-electron chi connectivity index (χ3n) is 4.33. The van der Waals surface area contributed by atoms with E-state index in [9.17, 15) is 4.79 Å². The number of benzene rings is 2. The molecule has 0 spiro atoms. The van der Waals surface area contributed by atoms with Crippen molar-refractivity contribution in [1.29, 1.82) is 0 Å². The van der Waals surface area contributed by atoms with Crippen molar-refractivity contribution in [2.45, 2.75) is 59.0 Å². The quantitative estimate of drug-likeness (QED) is 0.513. The van der Waals surface area contributed by atoms with Crippen molar-refractivity contribution < 1.29 is 14.3 Å². The Morgan fingerprint density at radius 2 is 1.78 bits per heavy atom. The summed E-state index contributed by atoms with van der Waals surface area (Å²) >= 11 is 0. The van der Waals surface area contributed by atoms with Gasteiger partial charge in [0.25, 0.3) is 5.91 Å². The highest BCUT2D eigenvalue weighted by molar-refractivity contribution is 5.94. The topological polar surface area (TPSA) is 47.6 Å². The van der Waals surface area contributed by atoms with Gasteiger partial charge in [0.15, 0.2) is 6.10 Å². The fourth-order valence-corrected chi connectivity index (χ4v) is 2.71. The highest BCUT2D eigenvalue weighted by Gasteiger charge is 2.18. The molecule has 2 rings (SSSR count). The third kappa shape index (κ3) is 7.33. The highest BCUT2D eigenvalue weighted by Crippen LogP contribution is 2.20. The zero-order chi connectivity index (χ0) is 19.5. The monoisotopic (exact) mass is 369 g/mol.